The summed E-state index contributed by atoms with van der Waals surface area (Å²) in [6.45, 7) is 4.62. The molecule has 0 aromatic heterocycles. The number of aliphatic carboxylic acids is 1. The van der Waals surface area contributed by atoms with Gasteiger partial charge in [0, 0.05) is 11.1 Å². The normalized spacial score (nSPS) is 10.8. The number of rotatable bonds is 3. The largest absolute Gasteiger partial charge is 0.478 e. The molecule has 0 aromatic carbocycles. The molecule has 4 heteroatoms. The van der Waals surface area contributed by atoms with Gasteiger partial charge in [0.1, 0.15) is 0 Å². The minimum absolute atomic E-state index is 0.00935. The predicted molar refractivity (Wildman–Crippen MR) is 39.7 cm³/mol. The van der Waals surface area contributed by atoms with Crippen LogP contribution >= 0.6 is 0 Å². The molecule has 0 aromatic rings. The summed E-state index contributed by atoms with van der Waals surface area (Å²) in [5.74, 6) is -1.81. The summed E-state index contributed by atoms with van der Waals surface area (Å²) < 4.78 is 0. The number of carbonyl (C=O) groups is 2. The lowest BCUT2D eigenvalue weighted by Gasteiger charge is -1.93. The maximum Gasteiger partial charge on any atom is 0.331 e. The van der Waals surface area contributed by atoms with Crippen molar-refractivity contribution in [3.63, 3.8) is 0 Å². The van der Waals surface area contributed by atoms with Crippen LogP contribution in [0.3, 0.4) is 0 Å². The predicted octanol–water partition coefficient (Wildman–Crippen LogP) is 0.0588. The van der Waals surface area contributed by atoms with Gasteiger partial charge in [0.05, 0.1) is 0 Å². The van der Waals surface area contributed by atoms with E-state index in [9.17, 15) is 9.59 Å². The highest BCUT2D eigenvalue weighted by Crippen LogP contribution is 1.98. The van der Waals surface area contributed by atoms with E-state index in [2.05, 4.69) is 6.58 Å². The topological polar surface area (TPSA) is 80.4 Å². The Labute approximate surface area is 64.0 Å². The van der Waals surface area contributed by atoms with Gasteiger partial charge in [-0.2, -0.15) is 0 Å². The standard InChI is InChI=1S/C7H9NO3/c1-4(6(8)9)3-5(2)7(10)11/h3H,1H2,2H3,(H2,8,9)(H,10,11)/b5-3-. The van der Waals surface area contributed by atoms with Gasteiger partial charge in [-0.05, 0) is 13.0 Å². The Balaban J connectivity index is 4.44. The fourth-order valence-electron chi connectivity index (χ4n) is 0.394. The van der Waals surface area contributed by atoms with Crippen LogP contribution in [0.25, 0.3) is 0 Å². The van der Waals surface area contributed by atoms with E-state index in [1.54, 1.807) is 0 Å². The number of carboxylic acids is 1. The lowest BCUT2D eigenvalue weighted by Crippen LogP contribution is -2.12. The number of carbonyl (C=O) groups excluding carboxylic acids is 1. The van der Waals surface area contributed by atoms with Gasteiger partial charge in [0.25, 0.3) is 0 Å². The molecule has 0 spiro atoms. The molecule has 60 valence electrons. The second kappa shape index (κ2) is 3.55. The van der Waals surface area contributed by atoms with E-state index in [1.807, 2.05) is 0 Å². The number of amides is 1. The number of primary amides is 1. The lowest BCUT2D eigenvalue weighted by atomic mass is 10.2. The van der Waals surface area contributed by atoms with Gasteiger partial charge < -0.3 is 10.8 Å². The lowest BCUT2D eigenvalue weighted by molar-refractivity contribution is -0.132. The van der Waals surface area contributed by atoms with Crippen molar-refractivity contribution in [2.24, 2.45) is 5.73 Å². The zero-order valence-electron chi connectivity index (χ0n) is 6.13. The Bertz CT molecular complexity index is 240. The Morgan fingerprint density at radius 2 is 2.00 bits per heavy atom. The summed E-state index contributed by atoms with van der Waals surface area (Å²) in [6.07, 6.45) is 1.13. The highest BCUT2D eigenvalue weighted by Gasteiger charge is 2.02. The molecule has 4 nitrogen and oxygen atoms in total. The van der Waals surface area contributed by atoms with Crippen molar-refractivity contribution in [1.29, 1.82) is 0 Å². The van der Waals surface area contributed by atoms with E-state index >= 15 is 0 Å². The van der Waals surface area contributed by atoms with Gasteiger partial charge >= 0.3 is 5.97 Å². The van der Waals surface area contributed by atoms with Crippen LogP contribution in [0.1, 0.15) is 6.92 Å². The highest BCUT2D eigenvalue weighted by molar-refractivity contribution is 5.97. The first-order valence-corrected chi connectivity index (χ1v) is 2.85. The van der Waals surface area contributed by atoms with E-state index in [0.29, 0.717) is 0 Å². The number of nitrogens with two attached hydrogens (primary N) is 1. The smallest absolute Gasteiger partial charge is 0.331 e. The summed E-state index contributed by atoms with van der Waals surface area (Å²) >= 11 is 0. The molecule has 0 atom stereocenters. The van der Waals surface area contributed by atoms with E-state index in [0.717, 1.165) is 6.08 Å². The van der Waals surface area contributed by atoms with Gasteiger partial charge in [-0.15, -0.1) is 0 Å². The zero-order chi connectivity index (χ0) is 9.02. The van der Waals surface area contributed by atoms with Crippen molar-refractivity contribution in [2.45, 2.75) is 6.92 Å². The van der Waals surface area contributed by atoms with E-state index < -0.39 is 11.9 Å². The molecule has 0 bridgehead atoms. The molecule has 0 aliphatic rings. The second-order valence-electron chi connectivity index (χ2n) is 2.02. The van der Waals surface area contributed by atoms with Crippen molar-refractivity contribution < 1.29 is 14.7 Å². The van der Waals surface area contributed by atoms with Crippen LogP contribution in [-0.4, -0.2) is 17.0 Å². The van der Waals surface area contributed by atoms with Gasteiger partial charge in [0.15, 0.2) is 0 Å². The molecule has 0 unspecified atom stereocenters. The minimum Gasteiger partial charge on any atom is -0.478 e. The first kappa shape index (κ1) is 9.42. The van der Waals surface area contributed by atoms with E-state index in [4.69, 9.17) is 10.8 Å². The van der Waals surface area contributed by atoms with E-state index in [1.165, 1.54) is 6.92 Å². The Morgan fingerprint density at radius 1 is 1.55 bits per heavy atom. The number of carboxylic acid groups (broad SMARTS) is 1. The Morgan fingerprint density at radius 3 is 2.27 bits per heavy atom. The maximum atomic E-state index is 10.3. The van der Waals surface area contributed by atoms with Crippen LogP contribution in [0.2, 0.25) is 0 Å². The number of hydrogen-bond donors (Lipinski definition) is 2. The SMILES string of the molecule is C=C(/C=C(/C)C(=O)O)C(N)=O. The molecule has 1 amide bonds. The molecule has 0 saturated carbocycles. The molecular formula is C7H9NO3. The fraction of sp³-hybridized carbons (Fsp3) is 0.143. The third-order valence-electron chi connectivity index (χ3n) is 1.04. The molecular weight excluding hydrogens is 146 g/mol. The molecule has 0 rings (SSSR count). The zero-order valence-corrected chi connectivity index (χ0v) is 6.13. The van der Waals surface area contributed by atoms with Crippen molar-refractivity contribution in [3.05, 3.63) is 23.8 Å². The average molecular weight is 155 g/mol. The third-order valence-corrected chi connectivity index (χ3v) is 1.04. The molecule has 0 radical (unpaired) electrons. The fourth-order valence-corrected chi connectivity index (χ4v) is 0.394. The molecule has 0 saturated heterocycles. The molecule has 0 aliphatic heterocycles. The molecule has 11 heavy (non-hydrogen) atoms. The molecule has 0 fully saturated rings. The van der Waals surface area contributed by atoms with Gasteiger partial charge in [-0.3, -0.25) is 4.79 Å². The van der Waals surface area contributed by atoms with Crippen LogP contribution in [-0.2, 0) is 9.59 Å². The highest BCUT2D eigenvalue weighted by atomic mass is 16.4. The van der Waals surface area contributed by atoms with Gasteiger partial charge in [0.2, 0.25) is 5.91 Å². The van der Waals surface area contributed by atoms with Gasteiger partial charge in [-0.25, -0.2) is 4.79 Å². The number of hydrogen-bond acceptors (Lipinski definition) is 2. The van der Waals surface area contributed by atoms with E-state index in [-0.39, 0.29) is 11.1 Å². The summed E-state index contributed by atoms with van der Waals surface area (Å²) in [4.78, 5) is 20.5. The molecule has 0 heterocycles. The van der Waals surface area contributed by atoms with Crippen LogP contribution < -0.4 is 5.73 Å². The Kier molecular flexibility index (Phi) is 3.04. The first-order valence-electron chi connectivity index (χ1n) is 2.85. The maximum absolute atomic E-state index is 10.3. The Hall–Kier alpha value is -1.58. The molecule has 0 aliphatic carbocycles. The van der Waals surface area contributed by atoms with Crippen molar-refractivity contribution in [2.75, 3.05) is 0 Å². The van der Waals surface area contributed by atoms with Crippen molar-refractivity contribution >= 4 is 11.9 Å². The van der Waals surface area contributed by atoms with Crippen LogP contribution in [0.4, 0.5) is 0 Å². The van der Waals surface area contributed by atoms with Gasteiger partial charge in [-0.1, -0.05) is 6.58 Å². The summed E-state index contributed by atoms with van der Waals surface area (Å²) in [5, 5.41) is 8.35. The monoisotopic (exact) mass is 155 g/mol. The second-order valence-corrected chi connectivity index (χ2v) is 2.02. The average Bonchev–Trinajstić information content (AvgIpc) is 1.87. The van der Waals surface area contributed by atoms with Crippen molar-refractivity contribution in [3.8, 4) is 0 Å². The van der Waals surface area contributed by atoms with Crippen molar-refractivity contribution in [1.82, 2.24) is 0 Å². The molecule has 3 N–H and O–H groups in total. The summed E-state index contributed by atoms with van der Waals surface area (Å²) in [6, 6.07) is 0. The third kappa shape index (κ3) is 3.20. The minimum atomic E-state index is -1.09. The summed E-state index contributed by atoms with van der Waals surface area (Å²) in [5.41, 5.74) is 4.83. The first-order chi connectivity index (χ1) is 4.95. The van der Waals surface area contributed by atoms with Crippen LogP contribution in [0.5, 0.6) is 0 Å². The summed E-state index contributed by atoms with van der Waals surface area (Å²) in [7, 11) is 0. The quantitative estimate of drug-likeness (QED) is 0.446. The van der Waals surface area contributed by atoms with Crippen LogP contribution in [0.15, 0.2) is 23.8 Å². The van der Waals surface area contributed by atoms with Crippen LogP contribution in [0, 0.1) is 0 Å².